The Hall–Kier alpha value is -1.62. The number of rotatable bonds is 6. The standard InChI is InChI=1S/C13H19FN2O2/c1-4-16-8(2)11-6-5-10(14)7-12(11)18-9(3)13(15)17/h5-9,16H,4H2,1-3H3,(H2,15,17). The third-order valence-electron chi connectivity index (χ3n) is 2.66. The van der Waals surface area contributed by atoms with E-state index >= 15 is 0 Å². The zero-order chi connectivity index (χ0) is 13.7. The summed E-state index contributed by atoms with van der Waals surface area (Å²) in [5, 5.41) is 3.21. The summed E-state index contributed by atoms with van der Waals surface area (Å²) in [5.41, 5.74) is 5.93. The largest absolute Gasteiger partial charge is 0.480 e. The highest BCUT2D eigenvalue weighted by atomic mass is 19.1. The molecule has 5 heteroatoms. The number of halogens is 1. The second-order valence-corrected chi connectivity index (χ2v) is 4.12. The van der Waals surface area contributed by atoms with Crippen LogP contribution in [0.1, 0.15) is 32.4 Å². The number of primary amides is 1. The third-order valence-corrected chi connectivity index (χ3v) is 2.66. The van der Waals surface area contributed by atoms with Crippen molar-refractivity contribution in [1.29, 1.82) is 0 Å². The maximum absolute atomic E-state index is 13.2. The molecule has 100 valence electrons. The Labute approximate surface area is 106 Å². The van der Waals surface area contributed by atoms with Crippen LogP contribution in [0.2, 0.25) is 0 Å². The molecule has 0 heterocycles. The van der Waals surface area contributed by atoms with Gasteiger partial charge in [0.25, 0.3) is 5.91 Å². The first-order valence-electron chi connectivity index (χ1n) is 5.94. The molecule has 4 nitrogen and oxygen atoms in total. The average Bonchev–Trinajstić information content (AvgIpc) is 2.29. The first-order valence-corrected chi connectivity index (χ1v) is 5.94. The topological polar surface area (TPSA) is 64.3 Å². The highest BCUT2D eigenvalue weighted by Crippen LogP contribution is 2.27. The predicted octanol–water partition coefficient (Wildman–Crippen LogP) is 1.75. The monoisotopic (exact) mass is 254 g/mol. The van der Waals surface area contributed by atoms with Gasteiger partial charge in [0.05, 0.1) is 0 Å². The van der Waals surface area contributed by atoms with Crippen LogP contribution in [0.15, 0.2) is 18.2 Å². The summed E-state index contributed by atoms with van der Waals surface area (Å²) < 4.78 is 18.6. The maximum Gasteiger partial charge on any atom is 0.258 e. The van der Waals surface area contributed by atoms with Crippen molar-refractivity contribution in [3.63, 3.8) is 0 Å². The molecule has 3 N–H and O–H groups in total. The number of benzene rings is 1. The van der Waals surface area contributed by atoms with Crippen LogP contribution >= 0.6 is 0 Å². The second kappa shape index (κ2) is 6.35. The molecule has 0 spiro atoms. The molecule has 0 aliphatic heterocycles. The van der Waals surface area contributed by atoms with Crippen molar-refractivity contribution in [1.82, 2.24) is 5.32 Å². The van der Waals surface area contributed by atoms with E-state index < -0.39 is 17.8 Å². The van der Waals surface area contributed by atoms with Crippen molar-refractivity contribution in [3.8, 4) is 5.75 Å². The quantitative estimate of drug-likeness (QED) is 0.813. The van der Waals surface area contributed by atoms with Crippen LogP contribution in [0.3, 0.4) is 0 Å². The summed E-state index contributed by atoms with van der Waals surface area (Å²) in [7, 11) is 0. The fourth-order valence-electron chi connectivity index (χ4n) is 1.63. The summed E-state index contributed by atoms with van der Waals surface area (Å²) in [6.07, 6.45) is -0.792. The normalized spacial score (nSPS) is 14.0. The van der Waals surface area contributed by atoms with Gasteiger partial charge >= 0.3 is 0 Å². The molecule has 18 heavy (non-hydrogen) atoms. The van der Waals surface area contributed by atoms with Crippen molar-refractivity contribution in [3.05, 3.63) is 29.6 Å². The summed E-state index contributed by atoms with van der Waals surface area (Å²) in [4.78, 5) is 11.0. The van der Waals surface area contributed by atoms with Crippen molar-refractivity contribution < 1.29 is 13.9 Å². The number of nitrogens with two attached hydrogens (primary N) is 1. The minimum atomic E-state index is -0.792. The molecule has 0 aromatic heterocycles. The van der Waals surface area contributed by atoms with Crippen LogP contribution in [0.4, 0.5) is 4.39 Å². The summed E-state index contributed by atoms with van der Waals surface area (Å²) in [6.45, 7) is 6.24. The second-order valence-electron chi connectivity index (χ2n) is 4.12. The Morgan fingerprint density at radius 1 is 1.50 bits per heavy atom. The molecule has 0 aliphatic rings. The van der Waals surface area contributed by atoms with E-state index in [1.165, 1.54) is 19.1 Å². The lowest BCUT2D eigenvalue weighted by Crippen LogP contribution is -2.31. The first kappa shape index (κ1) is 14.4. The van der Waals surface area contributed by atoms with Gasteiger partial charge in [0.2, 0.25) is 0 Å². The van der Waals surface area contributed by atoms with Gasteiger partial charge < -0.3 is 15.8 Å². The molecule has 0 saturated heterocycles. The van der Waals surface area contributed by atoms with E-state index in [9.17, 15) is 9.18 Å². The van der Waals surface area contributed by atoms with Gasteiger partial charge in [-0.2, -0.15) is 0 Å². The van der Waals surface area contributed by atoms with Gasteiger partial charge in [0, 0.05) is 17.7 Å². The predicted molar refractivity (Wildman–Crippen MR) is 67.8 cm³/mol. The number of hydrogen-bond donors (Lipinski definition) is 2. The number of carbonyl (C=O) groups excluding carboxylic acids is 1. The van der Waals surface area contributed by atoms with E-state index in [-0.39, 0.29) is 6.04 Å². The summed E-state index contributed by atoms with van der Waals surface area (Å²) in [6, 6.07) is 4.28. The number of nitrogens with one attached hydrogen (secondary N) is 1. The fourth-order valence-corrected chi connectivity index (χ4v) is 1.63. The van der Waals surface area contributed by atoms with Gasteiger partial charge in [-0.25, -0.2) is 4.39 Å². The van der Waals surface area contributed by atoms with Gasteiger partial charge in [-0.3, -0.25) is 4.79 Å². The highest BCUT2D eigenvalue weighted by molar-refractivity contribution is 5.78. The minimum absolute atomic E-state index is 0.00526. The van der Waals surface area contributed by atoms with Gasteiger partial charge in [-0.05, 0) is 26.5 Å². The van der Waals surface area contributed by atoms with Crippen LogP contribution in [0.25, 0.3) is 0 Å². The molecule has 2 atom stereocenters. The van der Waals surface area contributed by atoms with E-state index in [1.54, 1.807) is 6.07 Å². The van der Waals surface area contributed by atoms with E-state index in [1.807, 2.05) is 13.8 Å². The zero-order valence-electron chi connectivity index (χ0n) is 10.9. The molecule has 1 aromatic rings. The van der Waals surface area contributed by atoms with Gasteiger partial charge in [-0.15, -0.1) is 0 Å². The van der Waals surface area contributed by atoms with E-state index in [0.29, 0.717) is 5.75 Å². The van der Waals surface area contributed by atoms with Crippen LogP contribution in [0, 0.1) is 5.82 Å². The van der Waals surface area contributed by atoms with Crippen LogP contribution in [-0.4, -0.2) is 18.6 Å². The summed E-state index contributed by atoms with van der Waals surface area (Å²) >= 11 is 0. The van der Waals surface area contributed by atoms with E-state index in [4.69, 9.17) is 10.5 Å². The molecular formula is C13H19FN2O2. The lowest BCUT2D eigenvalue weighted by Gasteiger charge is -2.19. The smallest absolute Gasteiger partial charge is 0.258 e. The van der Waals surface area contributed by atoms with Gasteiger partial charge in [0.15, 0.2) is 6.10 Å². The molecular weight excluding hydrogens is 235 g/mol. The van der Waals surface area contributed by atoms with Crippen molar-refractivity contribution >= 4 is 5.91 Å². The van der Waals surface area contributed by atoms with Crippen LogP contribution in [-0.2, 0) is 4.79 Å². The molecule has 1 amide bonds. The molecule has 1 rings (SSSR count). The zero-order valence-corrected chi connectivity index (χ0v) is 10.9. The van der Waals surface area contributed by atoms with Crippen molar-refractivity contribution in [2.24, 2.45) is 5.73 Å². The van der Waals surface area contributed by atoms with E-state index in [0.717, 1.165) is 12.1 Å². The SMILES string of the molecule is CCNC(C)c1ccc(F)cc1OC(C)C(N)=O. The third kappa shape index (κ3) is 3.70. The van der Waals surface area contributed by atoms with Crippen molar-refractivity contribution in [2.75, 3.05) is 6.54 Å². The van der Waals surface area contributed by atoms with Gasteiger partial charge in [0.1, 0.15) is 11.6 Å². The lowest BCUT2D eigenvalue weighted by molar-refractivity contribution is -0.124. The Kier molecular flexibility index (Phi) is 5.09. The average molecular weight is 254 g/mol. The Bertz CT molecular complexity index is 423. The van der Waals surface area contributed by atoms with Crippen LogP contribution in [0.5, 0.6) is 5.75 Å². The Morgan fingerprint density at radius 3 is 2.72 bits per heavy atom. The lowest BCUT2D eigenvalue weighted by atomic mass is 10.1. The maximum atomic E-state index is 13.2. The number of hydrogen-bond acceptors (Lipinski definition) is 3. The molecule has 0 fully saturated rings. The number of amides is 1. The van der Waals surface area contributed by atoms with Crippen molar-refractivity contribution in [2.45, 2.75) is 32.9 Å². The molecule has 1 aromatic carbocycles. The Morgan fingerprint density at radius 2 is 2.17 bits per heavy atom. The first-order chi connectivity index (χ1) is 8.45. The van der Waals surface area contributed by atoms with Crippen LogP contribution < -0.4 is 15.8 Å². The number of ether oxygens (including phenoxy) is 1. The molecule has 0 radical (unpaired) electrons. The van der Waals surface area contributed by atoms with E-state index in [2.05, 4.69) is 5.32 Å². The molecule has 0 aliphatic carbocycles. The van der Waals surface area contributed by atoms with Gasteiger partial charge in [-0.1, -0.05) is 13.0 Å². The Balaban J connectivity index is 2.99. The molecule has 0 saturated carbocycles. The number of carbonyl (C=O) groups is 1. The molecule has 0 bridgehead atoms. The minimum Gasteiger partial charge on any atom is -0.480 e. The molecule has 2 unspecified atom stereocenters. The highest BCUT2D eigenvalue weighted by Gasteiger charge is 2.16. The summed E-state index contributed by atoms with van der Waals surface area (Å²) in [5.74, 6) is -0.648. The fraction of sp³-hybridized carbons (Fsp3) is 0.462.